The molecule has 1 fully saturated rings. The Hall–Kier alpha value is -1.39. The van der Waals surface area contributed by atoms with E-state index in [9.17, 15) is 9.18 Å². The summed E-state index contributed by atoms with van der Waals surface area (Å²) >= 11 is 0. The molecule has 0 saturated heterocycles. The lowest BCUT2D eigenvalue weighted by Gasteiger charge is -1.99. The van der Waals surface area contributed by atoms with Gasteiger partial charge >= 0.3 is 5.97 Å². The van der Waals surface area contributed by atoms with E-state index >= 15 is 0 Å². The van der Waals surface area contributed by atoms with E-state index in [0.717, 1.165) is 19.0 Å². The molecule has 0 spiro atoms. The van der Waals surface area contributed by atoms with Crippen LogP contribution in [0.2, 0.25) is 0 Å². The molecule has 0 unspecified atom stereocenters. The third-order valence-electron chi connectivity index (χ3n) is 1.85. The van der Waals surface area contributed by atoms with Crippen LogP contribution in [0, 0.1) is 5.82 Å². The van der Waals surface area contributed by atoms with E-state index in [1.165, 1.54) is 4.68 Å². The molecule has 2 rings (SSSR count). The van der Waals surface area contributed by atoms with E-state index in [4.69, 9.17) is 5.11 Å². The van der Waals surface area contributed by atoms with Crippen LogP contribution in [0.15, 0.2) is 6.20 Å². The van der Waals surface area contributed by atoms with Gasteiger partial charge in [-0.05, 0) is 12.8 Å². The lowest BCUT2D eigenvalue weighted by atomic mass is 10.4. The van der Waals surface area contributed by atoms with E-state index in [-0.39, 0.29) is 11.7 Å². The largest absolute Gasteiger partial charge is 0.476 e. The molecule has 0 amide bonds. The molecule has 0 radical (unpaired) electrons. The number of hydrogen-bond acceptors (Lipinski definition) is 2. The third kappa shape index (κ3) is 0.975. The number of carbonyl (C=O) groups is 1. The van der Waals surface area contributed by atoms with Gasteiger partial charge in [-0.1, -0.05) is 0 Å². The number of carboxylic acids is 1. The zero-order valence-corrected chi connectivity index (χ0v) is 6.20. The first-order valence-corrected chi connectivity index (χ1v) is 3.66. The van der Waals surface area contributed by atoms with Crippen LogP contribution in [-0.4, -0.2) is 20.9 Å². The maximum absolute atomic E-state index is 12.8. The second kappa shape index (κ2) is 2.30. The maximum Gasteiger partial charge on any atom is 0.357 e. The van der Waals surface area contributed by atoms with Crippen LogP contribution in [-0.2, 0) is 0 Å². The van der Waals surface area contributed by atoms with Crippen molar-refractivity contribution in [3.63, 3.8) is 0 Å². The molecule has 64 valence electrons. The van der Waals surface area contributed by atoms with Gasteiger partial charge in [-0.3, -0.25) is 4.68 Å². The highest BCUT2D eigenvalue weighted by molar-refractivity contribution is 5.85. The number of rotatable bonds is 2. The molecule has 0 bridgehead atoms. The molecule has 1 N–H and O–H groups in total. The van der Waals surface area contributed by atoms with Gasteiger partial charge in [-0.15, -0.1) is 0 Å². The van der Waals surface area contributed by atoms with Gasteiger partial charge in [0.1, 0.15) is 0 Å². The summed E-state index contributed by atoms with van der Waals surface area (Å²) in [6.45, 7) is 0. The number of hydrogen-bond donors (Lipinski definition) is 1. The summed E-state index contributed by atoms with van der Waals surface area (Å²) in [5, 5.41) is 12.3. The Kier molecular flexibility index (Phi) is 1.39. The van der Waals surface area contributed by atoms with Crippen LogP contribution < -0.4 is 0 Å². The van der Waals surface area contributed by atoms with Crippen molar-refractivity contribution >= 4 is 5.97 Å². The van der Waals surface area contributed by atoms with E-state index in [2.05, 4.69) is 5.10 Å². The first-order chi connectivity index (χ1) is 5.70. The quantitative estimate of drug-likeness (QED) is 0.721. The van der Waals surface area contributed by atoms with Gasteiger partial charge in [-0.25, -0.2) is 9.18 Å². The van der Waals surface area contributed by atoms with Crippen molar-refractivity contribution < 1.29 is 14.3 Å². The van der Waals surface area contributed by atoms with Crippen molar-refractivity contribution in [1.29, 1.82) is 0 Å². The predicted octanol–water partition coefficient (Wildman–Crippen LogP) is 1.06. The SMILES string of the molecule is O=C(O)c1c(F)cnn1C1CC1. The number of aromatic nitrogens is 2. The fraction of sp³-hybridized carbons (Fsp3) is 0.429. The molecule has 5 heteroatoms. The number of aromatic carboxylic acids is 1. The molecule has 0 atom stereocenters. The van der Waals surface area contributed by atoms with Gasteiger partial charge in [0.25, 0.3) is 0 Å². The minimum atomic E-state index is -1.25. The topological polar surface area (TPSA) is 55.1 Å². The van der Waals surface area contributed by atoms with Crippen LogP contribution in [0.1, 0.15) is 29.4 Å². The lowest BCUT2D eigenvalue weighted by Crippen LogP contribution is -2.09. The highest BCUT2D eigenvalue weighted by Gasteiger charge is 2.30. The maximum atomic E-state index is 12.8. The predicted molar refractivity (Wildman–Crippen MR) is 37.4 cm³/mol. The smallest absolute Gasteiger partial charge is 0.357 e. The zero-order chi connectivity index (χ0) is 8.72. The van der Waals surface area contributed by atoms with Crippen molar-refractivity contribution in [2.75, 3.05) is 0 Å². The summed E-state index contributed by atoms with van der Waals surface area (Å²) in [5.41, 5.74) is -0.322. The minimum absolute atomic E-state index is 0.0978. The Morgan fingerprint density at radius 2 is 2.42 bits per heavy atom. The number of nitrogens with zero attached hydrogens (tertiary/aromatic N) is 2. The number of carboxylic acid groups (broad SMARTS) is 1. The van der Waals surface area contributed by atoms with E-state index in [1.807, 2.05) is 0 Å². The second-order valence-corrected chi connectivity index (χ2v) is 2.82. The number of halogens is 1. The van der Waals surface area contributed by atoms with Gasteiger partial charge in [-0.2, -0.15) is 5.10 Å². The van der Waals surface area contributed by atoms with Gasteiger partial charge in [0.2, 0.25) is 0 Å². The summed E-state index contributed by atoms with van der Waals surface area (Å²) in [6.07, 6.45) is 2.73. The Balaban J connectivity index is 2.46. The summed E-state index contributed by atoms with van der Waals surface area (Å²) in [4.78, 5) is 10.5. The summed E-state index contributed by atoms with van der Waals surface area (Å²) in [7, 11) is 0. The summed E-state index contributed by atoms with van der Waals surface area (Å²) in [5.74, 6) is -2.01. The molecule has 1 aliphatic carbocycles. The molecule has 1 aromatic heterocycles. The van der Waals surface area contributed by atoms with E-state index < -0.39 is 11.8 Å². The van der Waals surface area contributed by atoms with Crippen LogP contribution in [0.5, 0.6) is 0 Å². The monoisotopic (exact) mass is 170 g/mol. The molecule has 0 aliphatic heterocycles. The molecule has 1 saturated carbocycles. The summed E-state index contributed by atoms with van der Waals surface area (Å²) < 4.78 is 14.0. The summed E-state index contributed by atoms with van der Waals surface area (Å²) in [6, 6.07) is 0.0978. The minimum Gasteiger partial charge on any atom is -0.476 e. The average Bonchev–Trinajstić information content (AvgIpc) is 2.75. The molecular formula is C7H7FN2O2. The molecule has 1 heterocycles. The van der Waals surface area contributed by atoms with Crippen molar-refractivity contribution in [1.82, 2.24) is 9.78 Å². The first kappa shape index (κ1) is 7.27. The van der Waals surface area contributed by atoms with Crippen molar-refractivity contribution in [2.24, 2.45) is 0 Å². The third-order valence-corrected chi connectivity index (χ3v) is 1.85. The van der Waals surface area contributed by atoms with Crippen molar-refractivity contribution in [2.45, 2.75) is 18.9 Å². The van der Waals surface area contributed by atoms with Gasteiger partial charge in [0, 0.05) is 0 Å². The first-order valence-electron chi connectivity index (χ1n) is 3.66. The van der Waals surface area contributed by atoms with E-state index in [1.54, 1.807) is 0 Å². The Morgan fingerprint density at radius 1 is 1.75 bits per heavy atom. The highest BCUT2D eigenvalue weighted by Crippen LogP contribution is 2.35. The Labute approximate surface area is 67.6 Å². The average molecular weight is 170 g/mol. The fourth-order valence-electron chi connectivity index (χ4n) is 1.14. The van der Waals surface area contributed by atoms with Crippen molar-refractivity contribution in [3.8, 4) is 0 Å². The lowest BCUT2D eigenvalue weighted by molar-refractivity contribution is 0.0677. The van der Waals surface area contributed by atoms with Crippen LogP contribution in [0.4, 0.5) is 4.39 Å². The molecule has 1 aromatic rings. The Morgan fingerprint density at radius 3 is 2.92 bits per heavy atom. The zero-order valence-electron chi connectivity index (χ0n) is 6.20. The molecular weight excluding hydrogens is 163 g/mol. The van der Waals surface area contributed by atoms with Crippen LogP contribution in [0.25, 0.3) is 0 Å². The van der Waals surface area contributed by atoms with Crippen molar-refractivity contribution in [3.05, 3.63) is 17.7 Å². The molecule has 1 aliphatic rings. The fourth-order valence-corrected chi connectivity index (χ4v) is 1.14. The molecule has 0 aromatic carbocycles. The van der Waals surface area contributed by atoms with Gasteiger partial charge < -0.3 is 5.11 Å². The highest BCUT2D eigenvalue weighted by atomic mass is 19.1. The second-order valence-electron chi connectivity index (χ2n) is 2.82. The molecule has 12 heavy (non-hydrogen) atoms. The Bertz CT molecular complexity index is 330. The van der Waals surface area contributed by atoms with Crippen LogP contribution in [0.3, 0.4) is 0 Å². The van der Waals surface area contributed by atoms with Gasteiger partial charge in [0.15, 0.2) is 11.5 Å². The van der Waals surface area contributed by atoms with Crippen LogP contribution >= 0.6 is 0 Å². The van der Waals surface area contributed by atoms with E-state index in [0.29, 0.717) is 0 Å². The molecule has 4 nitrogen and oxygen atoms in total. The standard InChI is InChI=1S/C7H7FN2O2/c8-5-3-9-10(4-1-2-4)6(5)7(11)12/h3-4H,1-2H2,(H,11,12). The van der Waals surface area contributed by atoms with Gasteiger partial charge in [0.05, 0.1) is 12.2 Å². The normalized spacial score (nSPS) is 16.4.